The maximum Gasteiger partial charge on any atom is 0.331 e. The lowest BCUT2D eigenvalue weighted by Gasteiger charge is -2.37. The Morgan fingerprint density at radius 1 is 1.24 bits per heavy atom. The van der Waals surface area contributed by atoms with Crippen molar-refractivity contribution in [3.63, 3.8) is 0 Å². The number of amides is 1. The second kappa shape index (κ2) is 6.58. The molecule has 1 N–H and O–H groups in total. The van der Waals surface area contributed by atoms with Crippen molar-refractivity contribution in [1.82, 2.24) is 9.13 Å². The van der Waals surface area contributed by atoms with Crippen molar-refractivity contribution in [2.45, 2.75) is 26.4 Å². The maximum absolute atomic E-state index is 12.9. The quantitative estimate of drug-likeness (QED) is 0.904. The van der Waals surface area contributed by atoms with Gasteiger partial charge in [-0.25, -0.2) is 4.79 Å². The zero-order chi connectivity index (χ0) is 18.1. The minimum absolute atomic E-state index is 0.105. The molecular weight excluding hydrogens is 320 g/mol. The highest BCUT2D eigenvalue weighted by molar-refractivity contribution is 5.97. The molecule has 1 unspecified atom stereocenters. The van der Waals surface area contributed by atoms with E-state index in [1.165, 1.54) is 23.9 Å². The Morgan fingerprint density at radius 2 is 1.96 bits per heavy atom. The second-order valence-electron chi connectivity index (χ2n) is 6.64. The third kappa shape index (κ3) is 3.22. The number of para-hydroxylation sites is 2. The SMILES string of the molecule is CC(C)C1CN(C(=O)Cn2ccc(=O)n(C)c2=O)c2ccccc2N1. The first-order valence-electron chi connectivity index (χ1n) is 8.31. The molecule has 25 heavy (non-hydrogen) atoms. The first kappa shape index (κ1) is 17.0. The summed E-state index contributed by atoms with van der Waals surface area (Å²) in [5.74, 6) is 0.171. The van der Waals surface area contributed by atoms with E-state index in [9.17, 15) is 14.4 Å². The van der Waals surface area contributed by atoms with E-state index in [0.29, 0.717) is 12.5 Å². The van der Waals surface area contributed by atoms with Gasteiger partial charge in [0, 0.05) is 31.9 Å². The Kier molecular flexibility index (Phi) is 4.48. The molecule has 132 valence electrons. The van der Waals surface area contributed by atoms with Gasteiger partial charge < -0.3 is 10.2 Å². The van der Waals surface area contributed by atoms with Crippen molar-refractivity contribution in [1.29, 1.82) is 0 Å². The van der Waals surface area contributed by atoms with Crippen LogP contribution >= 0.6 is 0 Å². The summed E-state index contributed by atoms with van der Waals surface area (Å²) in [5.41, 5.74) is 0.835. The minimum Gasteiger partial charge on any atom is -0.379 e. The van der Waals surface area contributed by atoms with Crippen LogP contribution in [0.4, 0.5) is 11.4 Å². The van der Waals surface area contributed by atoms with Crippen LogP contribution in [-0.4, -0.2) is 27.6 Å². The zero-order valence-electron chi connectivity index (χ0n) is 14.6. The third-order valence-corrected chi connectivity index (χ3v) is 4.59. The fourth-order valence-electron chi connectivity index (χ4n) is 2.95. The van der Waals surface area contributed by atoms with Crippen molar-refractivity contribution >= 4 is 17.3 Å². The van der Waals surface area contributed by atoms with Gasteiger partial charge in [0.05, 0.1) is 11.4 Å². The van der Waals surface area contributed by atoms with Gasteiger partial charge in [-0.2, -0.15) is 0 Å². The summed E-state index contributed by atoms with van der Waals surface area (Å²) in [5, 5.41) is 3.47. The van der Waals surface area contributed by atoms with Crippen LogP contribution in [0.3, 0.4) is 0 Å². The van der Waals surface area contributed by atoms with Crippen molar-refractivity contribution in [3.8, 4) is 0 Å². The first-order valence-corrected chi connectivity index (χ1v) is 8.31. The van der Waals surface area contributed by atoms with E-state index in [2.05, 4.69) is 19.2 Å². The highest BCUT2D eigenvalue weighted by atomic mass is 16.2. The molecule has 3 rings (SSSR count). The molecule has 0 radical (unpaired) electrons. The summed E-state index contributed by atoms with van der Waals surface area (Å²) in [4.78, 5) is 38.3. The van der Waals surface area contributed by atoms with E-state index in [0.717, 1.165) is 15.9 Å². The molecule has 0 saturated heterocycles. The second-order valence-corrected chi connectivity index (χ2v) is 6.64. The van der Waals surface area contributed by atoms with Gasteiger partial charge in [0.15, 0.2) is 0 Å². The molecule has 0 bridgehead atoms. The number of benzene rings is 1. The minimum atomic E-state index is -0.496. The van der Waals surface area contributed by atoms with E-state index in [1.807, 2.05) is 24.3 Å². The van der Waals surface area contributed by atoms with Crippen molar-refractivity contribution < 1.29 is 4.79 Å². The molecule has 7 heteroatoms. The molecule has 0 aliphatic carbocycles. The van der Waals surface area contributed by atoms with Crippen LogP contribution < -0.4 is 21.5 Å². The van der Waals surface area contributed by atoms with Gasteiger partial charge in [-0.15, -0.1) is 0 Å². The summed E-state index contributed by atoms with van der Waals surface area (Å²) < 4.78 is 2.26. The number of anilines is 2. The standard InChI is InChI=1S/C18H22N4O3/c1-12(2)14-10-22(15-7-5-4-6-13(15)19-14)17(24)11-21-9-8-16(23)20(3)18(21)25/h4-9,12,14,19H,10-11H2,1-3H3. The van der Waals surface area contributed by atoms with Gasteiger partial charge in [0.2, 0.25) is 5.91 Å². The molecule has 1 aliphatic heterocycles. The number of nitrogens with one attached hydrogen (secondary N) is 1. The lowest BCUT2D eigenvalue weighted by molar-refractivity contribution is -0.119. The number of aromatic nitrogens is 2. The Morgan fingerprint density at radius 3 is 2.68 bits per heavy atom. The molecule has 1 aliphatic rings. The molecule has 1 aromatic carbocycles. The largest absolute Gasteiger partial charge is 0.379 e. The molecule has 2 aromatic rings. The predicted molar refractivity (Wildman–Crippen MR) is 97.0 cm³/mol. The van der Waals surface area contributed by atoms with E-state index in [4.69, 9.17) is 0 Å². The Balaban J connectivity index is 1.92. The normalized spacial score (nSPS) is 16.5. The Hall–Kier alpha value is -2.83. The average Bonchev–Trinajstić information content (AvgIpc) is 2.61. The summed E-state index contributed by atoms with van der Waals surface area (Å²) in [6.45, 7) is 4.64. The first-order chi connectivity index (χ1) is 11.9. The van der Waals surface area contributed by atoms with E-state index in [-0.39, 0.29) is 24.1 Å². The predicted octanol–water partition coefficient (Wildman–Crippen LogP) is 1.03. The number of nitrogens with zero attached hydrogens (tertiary/aromatic N) is 3. The molecule has 0 fully saturated rings. The van der Waals surface area contributed by atoms with Crippen molar-refractivity contribution in [3.05, 3.63) is 57.4 Å². The fourth-order valence-corrected chi connectivity index (χ4v) is 2.95. The molecular formula is C18H22N4O3. The van der Waals surface area contributed by atoms with E-state index >= 15 is 0 Å². The number of rotatable bonds is 3. The van der Waals surface area contributed by atoms with E-state index in [1.54, 1.807) is 4.90 Å². The van der Waals surface area contributed by atoms with Gasteiger partial charge in [-0.05, 0) is 18.1 Å². The number of hydrogen-bond donors (Lipinski definition) is 1. The summed E-state index contributed by atoms with van der Waals surface area (Å²) >= 11 is 0. The highest BCUT2D eigenvalue weighted by Gasteiger charge is 2.29. The molecule has 0 spiro atoms. The monoisotopic (exact) mass is 342 g/mol. The van der Waals surface area contributed by atoms with Gasteiger partial charge in [-0.3, -0.25) is 18.7 Å². The molecule has 7 nitrogen and oxygen atoms in total. The van der Waals surface area contributed by atoms with Gasteiger partial charge in [0.1, 0.15) is 6.54 Å². The van der Waals surface area contributed by atoms with Crippen LogP contribution in [0.15, 0.2) is 46.1 Å². The summed E-state index contributed by atoms with van der Waals surface area (Å²) in [7, 11) is 1.40. The molecule has 1 amide bonds. The number of hydrogen-bond acceptors (Lipinski definition) is 4. The van der Waals surface area contributed by atoms with Crippen molar-refractivity contribution in [2.24, 2.45) is 13.0 Å². The molecule has 0 saturated carbocycles. The summed E-state index contributed by atoms with van der Waals surface area (Å²) in [6, 6.07) is 9.07. The zero-order valence-corrected chi connectivity index (χ0v) is 14.6. The van der Waals surface area contributed by atoms with Crippen LogP contribution in [-0.2, 0) is 18.4 Å². The maximum atomic E-state index is 12.9. The number of carbonyl (C=O) groups excluding carboxylic acids is 1. The van der Waals surface area contributed by atoms with Crippen LogP contribution in [0.1, 0.15) is 13.8 Å². The highest BCUT2D eigenvalue weighted by Crippen LogP contribution is 2.32. The van der Waals surface area contributed by atoms with Gasteiger partial charge in [-0.1, -0.05) is 26.0 Å². The average molecular weight is 342 g/mol. The molecule has 1 aromatic heterocycles. The lowest BCUT2D eigenvalue weighted by atomic mass is 10.00. The lowest BCUT2D eigenvalue weighted by Crippen LogP contribution is -2.49. The Labute approximate surface area is 145 Å². The van der Waals surface area contributed by atoms with Crippen LogP contribution in [0, 0.1) is 5.92 Å². The van der Waals surface area contributed by atoms with E-state index < -0.39 is 5.69 Å². The van der Waals surface area contributed by atoms with Crippen LogP contribution in [0.25, 0.3) is 0 Å². The number of carbonyl (C=O) groups is 1. The molecule has 1 atom stereocenters. The summed E-state index contributed by atoms with van der Waals surface area (Å²) in [6.07, 6.45) is 1.37. The number of fused-ring (bicyclic) bond motifs is 1. The van der Waals surface area contributed by atoms with Crippen molar-refractivity contribution in [2.75, 3.05) is 16.8 Å². The Bertz CT molecular complexity index is 913. The van der Waals surface area contributed by atoms with Crippen LogP contribution in [0.2, 0.25) is 0 Å². The smallest absolute Gasteiger partial charge is 0.331 e. The molecule has 2 heterocycles. The topological polar surface area (TPSA) is 76.3 Å². The fraction of sp³-hybridized carbons (Fsp3) is 0.389. The van der Waals surface area contributed by atoms with Crippen LogP contribution in [0.5, 0.6) is 0 Å². The van der Waals surface area contributed by atoms with Gasteiger partial charge in [0.25, 0.3) is 5.56 Å². The van der Waals surface area contributed by atoms with Gasteiger partial charge >= 0.3 is 5.69 Å². The third-order valence-electron chi connectivity index (χ3n) is 4.59.